The SMILES string of the molecule is O=C(c1cc(C2CC2)[nH]n1)N1CCCCC1CCN1CCCC1. The Morgan fingerprint density at radius 2 is 1.91 bits per heavy atom. The predicted octanol–water partition coefficient (Wildman–Crippen LogP) is 2.77. The van der Waals surface area contributed by atoms with Crippen LogP contribution in [-0.4, -0.2) is 58.1 Å². The monoisotopic (exact) mass is 316 g/mol. The summed E-state index contributed by atoms with van der Waals surface area (Å²) in [5.74, 6) is 0.760. The minimum atomic E-state index is 0.138. The number of carbonyl (C=O) groups excluding carboxylic acids is 1. The second-order valence-corrected chi connectivity index (χ2v) is 7.47. The molecule has 1 aromatic heterocycles. The Labute approximate surface area is 138 Å². The quantitative estimate of drug-likeness (QED) is 0.909. The van der Waals surface area contributed by atoms with Gasteiger partial charge in [-0.3, -0.25) is 9.89 Å². The lowest BCUT2D eigenvalue weighted by atomic mass is 9.98. The van der Waals surface area contributed by atoms with Gasteiger partial charge in [0.25, 0.3) is 5.91 Å². The van der Waals surface area contributed by atoms with Crippen molar-refractivity contribution in [3.05, 3.63) is 17.5 Å². The van der Waals surface area contributed by atoms with E-state index in [1.54, 1.807) is 0 Å². The third kappa shape index (κ3) is 3.44. The van der Waals surface area contributed by atoms with E-state index in [1.165, 1.54) is 45.2 Å². The Hall–Kier alpha value is -1.36. The molecule has 0 bridgehead atoms. The fourth-order valence-corrected chi connectivity index (χ4v) is 4.10. The van der Waals surface area contributed by atoms with Crippen LogP contribution in [0, 0.1) is 0 Å². The standard InChI is InChI=1S/C18H28N4O/c23-18(17-13-16(19-20-17)14-6-7-14)22-11-2-1-5-15(22)8-12-21-9-3-4-10-21/h13-15H,1-12H2,(H,19,20). The minimum absolute atomic E-state index is 0.138. The molecule has 3 fully saturated rings. The van der Waals surface area contributed by atoms with E-state index < -0.39 is 0 Å². The van der Waals surface area contributed by atoms with Crippen molar-refractivity contribution in [1.29, 1.82) is 0 Å². The summed E-state index contributed by atoms with van der Waals surface area (Å²) in [7, 11) is 0. The number of piperidine rings is 1. The topological polar surface area (TPSA) is 52.2 Å². The molecule has 5 heteroatoms. The van der Waals surface area contributed by atoms with E-state index in [4.69, 9.17) is 0 Å². The lowest BCUT2D eigenvalue weighted by Crippen LogP contribution is -2.45. The van der Waals surface area contributed by atoms with Gasteiger partial charge in [0.2, 0.25) is 0 Å². The van der Waals surface area contributed by atoms with Crippen molar-refractivity contribution in [3.63, 3.8) is 0 Å². The summed E-state index contributed by atoms with van der Waals surface area (Å²) in [6.07, 6.45) is 9.80. The summed E-state index contributed by atoms with van der Waals surface area (Å²) in [6, 6.07) is 2.39. The van der Waals surface area contributed by atoms with Gasteiger partial charge in [0.15, 0.2) is 0 Å². The van der Waals surface area contributed by atoms with Gasteiger partial charge in [0, 0.05) is 30.7 Å². The molecule has 1 aromatic rings. The summed E-state index contributed by atoms with van der Waals surface area (Å²) in [6.45, 7) is 4.52. The highest BCUT2D eigenvalue weighted by Crippen LogP contribution is 2.39. The smallest absolute Gasteiger partial charge is 0.274 e. The zero-order chi connectivity index (χ0) is 15.6. The molecule has 3 heterocycles. The average molecular weight is 316 g/mol. The number of carbonyl (C=O) groups is 1. The van der Waals surface area contributed by atoms with Crippen molar-refractivity contribution < 1.29 is 4.79 Å². The largest absolute Gasteiger partial charge is 0.334 e. The molecule has 0 radical (unpaired) electrons. The lowest BCUT2D eigenvalue weighted by Gasteiger charge is -2.36. The first-order valence-electron chi connectivity index (χ1n) is 9.40. The maximum atomic E-state index is 12.9. The van der Waals surface area contributed by atoms with Crippen LogP contribution < -0.4 is 0 Å². The molecule has 2 saturated heterocycles. The van der Waals surface area contributed by atoms with Crippen LogP contribution in [0.3, 0.4) is 0 Å². The van der Waals surface area contributed by atoms with E-state index in [1.807, 2.05) is 6.07 Å². The summed E-state index contributed by atoms with van der Waals surface area (Å²) < 4.78 is 0. The van der Waals surface area contributed by atoms with Crippen molar-refractivity contribution in [3.8, 4) is 0 Å². The number of hydrogen-bond donors (Lipinski definition) is 1. The number of hydrogen-bond acceptors (Lipinski definition) is 3. The molecule has 1 saturated carbocycles. The van der Waals surface area contributed by atoms with Crippen molar-refractivity contribution in [2.24, 2.45) is 0 Å². The number of rotatable bonds is 5. The van der Waals surface area contributed by atoms with E-state index in [0.717, 1.165) is 38.0 Å². The maximum absolute atomic E-state index is 12.9. The number of likely N-dealkylation sites (tertiary alicyclic amines) is 2. The zero-order valence-corrected chi connectivity index (χ0v) is 14.0. The third-order valence-electron chi connectivity index (χ3n) is 5.70. The van der Waals surface area contributed by atoms with Gasteiger partial charge in [0.05, 0.1) is 0 Å². The van der Waals surface area contributed by atoms with Gasteiger partial charge in [-0.1, -0.05) is 0 Å². The highest BCUT2D eigenvalue weighted by molar-refractivity contribution is 5.92. The second-order valence-electron chi connectivity index (χ2n) is 7.47. The summed E-state index contributed by atoms with van der Waals surface area (Å²) >= 11 is 0. The zero-order valence-electron chi connectivity index (χ0n) is 14.0. The Kier molecular flexibility index (Phi) is 4.38. The van der Waals surface area contributed by atoms with Crippen LogP contribution in [0.4, 0.5) is 0 Å². The van der Waals surface area contributed by atoms with Crippen LogP contribution in [0.5, 0.6) is 0 Å². The number of nitrogens with one attached hydrogen (secondary N) is 1. The first kappa shape index (κ1) is 15.2. The molecule has 1 atom stereocenters. The van der Waals surface area contributed by atoms with E-state index in [2.05, 4.69) is 20.0 Å². The molecule has 0 aromatic carbocycles. The van der Waals surface area contributed by atoms with Crippen molar-refractivity contribution >= 4 is 5.91 Å². The van der Waals surface area contributed by atoms with Crippen LogP contribution in [0.1, 0.15) is 73.5 Å². The molecule has 1 unspecified atom stereocenters. The molecule has 126 valence electrons. The van der Waals surface area contributed by atoms with Gasteiger partial charge < -0.3 is 9.80 Å². The average Bonchev–Trinajstić information content (AvgIpc) is 3.11. The fourth-order valence-electron chi connectivity index (χ4n) is 4.10. The lowest BCUT2D eigenvalue weighted by molar-refractivity contribution is 0.0582. The highest BCUT2D eigenvalue weighted by Gasteiger charge is 2.31. The third-order valence-corrected chi connectivity index (χ3v) is 5.70. The van der Waals surface area contributed by atoms with Crippen molar-refractivity contribution in [1.82, 2.24) is 20.0 Å². The van der Waals surface area contributed by atoms with Crippen molar-refractivity contribution in [2.75, 3.05) is 26.2 Å². The van der Waals surface area contributed by atoms with Gasteiger partial charge in [-0.05, 0) is 70.5 Å². The Morgan fingerprint density at radius 3 is 2.70 bits per heavy atom. The molecule has 1 amide bonds. The number of aromatic amines is 1. The first-order valence-corrected chi connectivity index (χ1v) is 9.40. The maximum Gasteiger partial charge on any atom is 0.274 e. The van der Waals surface area contributed by atoms with Crippen LogP contribution in [0.2, 0.25) is 0 Å². The molecule has 4 rings (SSSR count). The van der Waals surface area contributed by atoms with E-state index in [0.29, 0.717) is 17.7 Å². The van der Waals surface area contributed by atoms with Crippen molar-refractivity contribution in [2.45, 2.75) is 63.3 Å². The van der Waals surface area contributed by atoms with E-state index in [9.17, 15) is 4.79 Å². The Morgan fingerprint density at radius 1 is 1.13 bits per heavy atom. The molecular weight excluding hydrogens is 288 g/mol. The number of amides is 1. The van der Waals surface area contributed by atoms with Gasteiger partial charge in [-0.25, -0.2) is 0 Å². The molecule has 0 spiro atoms. The minimum Gasteiger partial charge on any atom is -0.334 e. The highest BCUT2D eigenvalue weighted by atomic mass is 16.2. The summed E-state index contributed by atoms with van der Waals surface area (Å²) in [5.41, 5.74) is 1.78. The van der Waals surface area contributed by atoms with Crippen LogP contribution >= 0.6 is 0 Å². The number of H-pyrrole nitrogens is 1. The van der Waals surface area contributed by atoms with E-state index in [-0.39, 0.29) is 5.91 Å². The molecule has 23 heavy (non-hydrogen) atoms. The number of nitrogens with zero attached hydrogens (tertiary/aromatic N) is 3. The Bertz CT molecular complexity index is 545. The van der Waals surface area contributed by atoms with Crippen LogP contribution in [0.25, 0.3) is 0 Å². The molecule has 1 N–H and O–H groups in total. The van der Waals surface area contributed by atoms with Gasteiger partial charge in [-0.15, -0.1) is 0 Å². The number of aromatic nitrogens is 2. The van der Waals surface area contributed by atoms with Crippen LogP contribution in [-0.2, 0) is 0 Å². The molecule has 1 aliphatic carbocycles. The molecule has 3 aliphatic rings. The molecule has 5 nitrogen and oxygen atoms in total. The predicted molar refractivity (Wildman–Crippen MR) is 89.5 cm³/mol. The van der Waals surface area contributed by atoms with Gasteiger partial charge in [-0.2, -0.15) is 5.10 Å². The molecular formula is C18H28N4O. The van der Waals surface area contributed by atoms with Gasteiger partial charge in [0.1, 0.15) is 5.69 Å². The fraction of sp³-hybridized carbons (Fsp3) is 0.778. The molecule has 2 aliphatic heterocycles. The second kappa shape index (κ2) is 6.63. The first-order chi connectivity index (χ1) is 11.3. The van der Waals surface area contributed by atoms with Gasteiger partial charge >= 0.3 is 0 Å². The Balaban J connectivity index is 1.39. The summed E-state index contributed by atoms with van der Waals surface area (Å²) in [5, 5.41) is 7.37. The normalized spacial score (nSPS) is 25.9. The summed E-state index contributed by atoms with van der Waals surface area (Å²) in [4.78, 5) is 17.5. The van der Waals surface area contributed by atoms with Crippen LogP contribution in [0.15, 0.2) is 6.07 Å². The van der Waals surface area contributed by atoms with E-state index >= 15 is 0 Å².